The van der Waals surface area contributed by atoms with Crippen LogP contribution in [-0.2, 0) is 13.0 Å². The third-order valence-corrected chi connectivity index (χ3v) is 5.53. The van der Waals surface area contributed by atoms with Gasteiger partial charge in [-0.05, 0) is 75.2 Å². The van der Waals surface area contributed by atoms with Crippen LogP contribution >= 0.6 is 0 Å². The summed E-state index contributed by atoms with van der Waals surface area (Å²) in [6.45, 7) is 7.48. The number of nitrogens with one attached hydrogen (secondary N) is 1. The first kappa shape index (κ1) is 23.0. The molecule has 2 aromatic carbocycles. The summed E-state index contributed by atoms with van der Waals surface area (Å²) in [6.07, 6.45) is 0.732. The zero-order valence-electron chi connectivity index (χ0n) is 18.6. The number of aromatic carboxylic acids is 1. The molecule has 0 aliphatic heterocycles. The van der Waals surface area contributed by atoms with E-state index in [0.717, 1.165) is 24.4 Å². The molecule has 0 radical (unpaired) electrons. The Kier molecular flexibility index (Phi) is 6.92. The van der Waals surface area contributed by atoms with E-state index in [4.69, 9.17) is 0 Å². The van der Waals surface area contributed by atoms with Crippen molar-refractivity contribution in [3.8, 4) is 0 Å². The lowest BCUT2D eigenvalue weighted by molar-refractivity contribution is 0.0697. The normalized spacial score (nSPS) is 10.8. The summed E-state index contributed by atoms with van der Waals surface area (Å²) < 4.78 is 15.0. The number of amides is 1. The molecule has 3 rings (SSSR count). The van der Waals surface area contributed by atoms with Gasteiger partial charge in [0.15, 0.2) is 0 Å². The van der Waals surface area contributed by atoms with E-state index in [9.17, 15) is 19.1 Å². The Morgan fingerprint density at radius 3 is 2.44 bits per heavy atom. The number of carbonyl (C=O) groups is 2. The highest BCUT2D eigenvalue weighted by molar-refractivity contribution is 6.05. The van der Waals surface area contributed by atoms with E-state index < -0.39 is 17.7 Å². The van der Waals surface area contributed by atoms with Crippen molar-refractivity contribution in [1.29, 1.82) is 0 Å². The number of hydrogen-bond donors (Lipinski definition) is 2. The van der Waals surface area contributed by atoms with Crippen molar-refractivity contribution in [2.45, 2.75) is 33.7 Å². The number of nitrogens with zero attached hydrogens (tertiary/aromatic N) is 3. The number of benzene rings is 2. The molecule has 168 valence electrons. The van der Waals surface area contributed by atoms with Crippen LogP contribution in [0.3, 0.4) is 0 Å². The molecule has 0 aliphatic rings. The molecule has 0 atom stereocenters. The van der Waals surface area contributed by atoms with Crippen LogP contribution in [0.4, 0.5) is 15.8 Å². The lowest BCUT2D eigenvalue weighted by Crippen LogP contribution is -2.23. The zero-order valence-corrected chi connectivity index (χ0v) is 18.6. The standard InChI is InChI=1S/C24H27FN4O3/c1-5-29-16(3)20(15(2)27-29)12-13-28(4)22-11-10-19(14-21(22)24(31)32)26-23(30)17-6-8-18(25)9-7-17/h6-11,14H,5,12-13H2,1-4H3,(H,26,30)(H,31,32). The number of carbonyl (C=O) groups excluding carboxylic acids is 1. The highest BCUT2D eigenvalue weighted by atomic mass is 19.1. The van der Waals surface area contributed by atoms with Gasteiger partial charge >= 0.3 is 5.97 Å². The Bertz CT molecular complexity index is 1140. The maximum absolute atomic E-state index is 13.1. The lowest BCUT2D eigenvalue weighted by atomic mass is 10.1. The van der Waals surface area contributed by atoms with Gasteiger partial charge in [-0.25, -0.2) is 9.18 Å². The lowest BCUT2D eigenvalue weighted by Gasteiger charge is -2.22. The molecule has 7 nitrogen and oxygen atoms in total. The van der Waals surface area contributed by atoms with Gasteiger partial charge in [0.1, 0.15) is 5.82 Å². The van der Waals surface area contributed by atoms with Crippen molar-refractivity contribution in [1.82, 2.24) is 9.78 Å². The molecule has 1 heterocycles. The van der Waals surface area contributed by atoms with Crippen LogP contribution in [0.25, 0.3) is 0 Å². The summed E-state index contributed by atoms with van der Waals surface area (Å²) >= 11 is 0. The predicted molar refractivity (Wildman–Crippen MR) is 122 cm³/mol. The van der Waals surface area contributed by atoms with Crippen molar-refractivity contribution in [2.24, 2.45) is 0 Å². The molecule has 0 unspecified atom stereocenters. The van der Waals surface area contributed by atoms with E-state index in [2.05, 4.69) is 10.4 Å². The zero-order chi connectivity index (χ0) is 23.4. The fourth-order valence-corrected chi connectivity index (χ4v) is 3.73. The van der Waals surface area contributed by atoms with Gasteiger partial charge in [0.2, 0.25) is 0 Å². The maximum atomic E-state index is 13.1. The molecule has 0 fully saturated rings. The average molecular weight is 439 g/mol. The Morgan fingerprint density at radius 1 is 1.16 bits per heavy atom. The number of aromatic nitrogens is 2. The first-order chi connectivity index (χ1) is 15.2. The minimum Gasteiger partial charge on any atom is -0.478 e. The van der Waals surface area contributed by atoms with Crippen LogP contribution in [0.15, 0.2) is 42.5 Å². The second-order valence-electron chi connectivity index (χ2n) is 7.63. The fourth-order valence-electron chi connectivity index (χ4n) is 3.73. The molecule has 0 bridgehead atoms. The average Bonchev–Trinajstić information content (AvgIpc) is 3.04. The van der Waals surface area contributed by atoms with Crippen LogP contribution in [-0.4, -0.2) is 40.4 Å². The molecule has 3 aromatic rings. The first-order valence-corrected chi connectivity index (χ1v) is 10.4. The summed E-state index contributed by atoms with van der Waals surface area (Å²) in [4.78, 5) is 26.2. The summed E-state index contributed by atoms with van der Waals surface area (Å²) in [7, 11) is 1.84. The number of halogens is 1. The molecule has 32 heavy (non-hydrogen) atoms. The number of carboxylic acids is 1. The van der Waals surface area contributed by atoms with Gasteiger partial charge < -0.3 is 15.3 Å². The second-order valence-corrected chi connectivity index (χ2v) is 7.63. The van der Waals surface area contributed by atoms with Gasteiger partial charge in [0, 0.05) is 37.1 Å². The summed E-state index contributed by atoms with van der Waals surface area (Å²) in [6, 6.07) is 9.91. The van der Waals surface area contributed by atoms with E-state index in [0.29, 0.717) is 17.9 Å². The number of hydrogen-bond acceptors (Lipinski definition) is 4. The molecule has 8 heteroatoms. The molecule has 2 N–H and O–H groups in total. The Balaban J connectivity index is 1.76. The van der Waals surface area contributed by atoms with Gasteiger partial charge in [-0.1, -0.05) is 0 Å². The van der Waals surface area contributed by atoms with E-state index in [1.807, 2.05) is 37.4 Å². The van der Waals surface area contributed by atoms with Gasteiger partial charge in [-0.3, -0.25) is 9.48 Å². The molecule has 0 saturated heterocycles. The van der Waals surface area contributed by atoms with Crippen molar-refractivity contribution >= 4 is 23.3 Å². The predicted octanol–water partition coefficient (Wildman–Crippen LogP) is 4.29. The molecular weight excluding hydrogens is 411 g/mol. The minimum absolute atomic E-state index is 0.0853. The van der Waals surface area contributed by atoms with E-state index in [-0.39, 0.29) is 11.1 Å². The molecular formula is C24H27FN4O3. The highest BCUT2D eigenvalue weighted by Crippen LogP contribution is 2.25. The largest absolute Gasteiger partial charge is 0.478 e. The summed E-state index contributed by atoms with van der Waals surface area (Å²) in [5.41, 5.74) is 4.54. The number of anilines is 2. The molecule has 0 spiro atoms. The quantitative estimate of drug-likeness (QED) is 0.548. The number of aryl methyl sites for hydroxylation is 2. The summed E-state index contributed by atoms with van der Waals surface area (Å²) in [5.74, 6) is -1.97. The third kappa shape index (κ3) is 4.96. The van der Waals surface area contributed by atoms with Crippen LogP contribution in [0.2, 0.25) is 0 Å². The van der Waals surface area contributed by atoms with Gasteiger partial charge in [0.05, 0.1) is 16.9 Å². The number of carboxylic acid groups (broad SMARTS) is 1. The van der Waals surface area contributed by atoms with Crippen molar-refractivity contribution in [3.63, 3.8) is 0 Å². The van der Waals surface area contributed by atoms with Crippen molar-refractivity contribution in [3.05, 3.63) is 76.4 Å². The van der Waals surface area contributed by atoms with Crippen LogP contribution in [0.1, 0.15) is 44.6 Å². The summed E-state index contributed by atoms with van der Waals surface area (Å²) in [5, 5.41) is 16.9. The molecule has 0 aliphatic carbocycles. The molecule has 1 amide bonds. The van der Waals surface area contributed by atoms with Crippen LogP contribution < -0.4 is 10.2 Å². The monoisotopic (exact) mass is 438 g/mol. The van der Waals surface area contributed by atoms with E-state index in [1.165, 1.54) is 35.9 Å². The van der Waals surface area contributed by atoms with Gasteiger partial charge in [0.25, 0.3) is 5.91 Å². The first-order valence-electron chi connectivity index (χ1n) is 10.4. The highest BCUT2D eigenvalue weighted by Gasteiger charge is 2.17. The van der Waals surface area contributed by atoms with E-state index >= 15 is 0 Å². The van der Waals surface area contributed by atoms with Crippen LogP contribution in [0.5, 0.6) is 0 Å². The van der Waals surface area contributed by atoms with Crippen LogP contribution in [0, 0.1) is 19.7 Å². The third-order valence-electron chi connectivity index (χ3n) is 5.53. The van der Waals surface area contributed by atoms with Crippen molar-refractivity contribution < 1.29 is 19.1 Å². The van der Waals surface area contributed by atoms with E-state index in [1.54, 1.807) is 12.1 Å². The Labute approximate surface area is 186 Å². The fraction of sp³-hybridized carbons (Fsp3) is 0.292. The number of likely N-dealkylation sites (N-methyl/N-ethyl adjacent to an activating group) is 1. The SMILES string of the molecule is CCn1nc(C)c(CCN(C)c2ccc(NC(=O)c3ccc(F)cc3)cc2C(=O)O)c1C. The Hall–Kier alpha value is -3.68. The topological polar surface area (TPSA) is 87.5 Å². The second kappa shape index (κ2) is 9.64. The molecule has 1 aromatic heterocycles. The number of rotatable bonds is 8. The maximum Gasteiger partial charge on any atom is 0.337 e. The molecule has 0 saturated carbocycles. The smallest absolute Gasteiger partial charge is 0.337 e. The van der Waals surface area contributed by atoms with Gasteiger partial charge in [-0.15, -0.1) is 0 Å². The Morgan fingerprint density at radius 2 is 1.84 bits per heavy atom. The van der Waals surface area contributed by atoms with Gasteiger partial charge in [-0.2, -0.15) is 5.10 Å². The minimum atomic E-state index is -1.09. The van der Waals surface area contributed by atoms with Crippen molar-refractivity contribution in [2.75, 3.05) is 23.8 Å².